The Bertz CT molecular complexity index is 1300. The summed E-state index contributed by atoms with van der Waals surface area (Å²) in [7, 11) is 0. The fourth-order valence-corrected chi connectivity index (χ4v) is 5.72. The lowest BCUT2D eigenvalue weighted by Crippen LogP contribution is -2.58. The smallest absolute Gasteiger partial charge is 0.410 e. The van der Waals surface area contributed by atoms with Crippen LogP contribution in [0.2, 0.25) is 5.02 Å². The number of benzene rings is 1. The van der Waals surface area contributed by atoms with Crippen molar-refractivity contribution >= 4 is 29.4 Å². The van der Waals surface area contributed by atoms with E-state index in [0.717, 1.165) is 0 Å². The minimum atomic E-state index is -0.714. The Morgan fingerprint density at radius 1 is 1.15 bits per heavy atom. The van der Waals surface area contributed by atoms with Crippen molar-refractivity contribution < 1.29 is 33.3 Å². The molecule has 1 N–H and O–H groups in total. The number of ether oxygens (including phenoxy) is 3. The number of phenols is 1. The summed E-state index contributed by atoms with van der Waals surface area (Å²) >= 11 is 6.80. The molecule has 0 saturated carbocycles. The molecule has 3 atom stereocenters. The maximum atomic E-state index is 15.0. The zero-order valence-electron chi connectivity index (χ0n) is 23.2. The van der Waals surface area contributed by atoms with Gasteiger partial charge in [0.15, 0.2) is 5.75 Å². The lowest BCUT2D eigenvalue weighted by atomic mass is 10.0. The number of carbonyl (C=O) groups excluding carboxylic acids is 2. The molecular weight excluding hydrogens is 543 g/mol. The van der Waals surface area contributed by atoms with E-state index in [2.05, 4.69) is 0 Å². The van der Waals surface area contributed by atoms with Crippen LogP contribution >= 0.6 is 11.6 Å². The van der Waals surface area contributed by atoms with Gasteiger partial charge in [-0.3, -0.25) is 4.79 Å². The van der Waals surface area contributed by atoms with Crippen molar-refractivity contribution in [2.75, 3.05) is 44.2 Å². The van der Waals surface area contributed by atoms with Crippen LogP contribution in [0, 0.1) is 5.82 Å². The lowest BCUT2D eigenvalue weighted by Gasteiger charge is -2.40. The molecule has 0 spiro atoms. The summed E-state index contributed by atoms with van der Waals surface area (Å²) in [6.07, 6.45) is -0.779. The minimum Gasteiger partial charge on any atom is -0.507 e. The van der Waals surface area contributed by atoms with Crippen LogP contribution in [0.4, 0.5) is 15.0 Å². The zero-order chi connectivity index (χ0) is 28.9. The van der Waals surface area contributed by atoms with Gasteiger partial charge >= 0.3 is 6.09 Å². The van der Waals surface area contributed by atoms with Crippen molar-refractivity contribution in [3.63, 3.8) is 0 Å². The van der Waals surface area contributed by atoms with Crippen molar-refractivity contribution in [2.45, 2.75) is 58.5 Å². The second kappa shape index (κ2) is 10.6. The highest BCUT2D eigenvalue weighted by Crippen LogP contribution is 2.46. The van der Waals surface area contributed by atoms with E-state index in [1.165, 1.54) is 18.2 Å². The average molecular weight is 577 g/mol. The molecule has 1 aromatic carbocycles. The first kappa shape index (κ1) is 28.2. The van der Waals surface area contributed by atoms with Crippen LogP contribution in [-0.4, -0.2) is 95.1 Å². The number of fused-ring (bicyclic) bond motifs is 2. The number of carbonyl (C=O) groups is 2. The van der Waals surface area contributed by atoms with Crippen molar-refractivity contribution in [2.24, 2.45) is 0 Å². The summed E-state index contributed by atoms with van der Waals surface area (Å²) in [5.41, 5.74) is -0.699. The third kappa shape index (κ3) is 5.36. The van der Waals surface area contributed by atoms with E-state index >= 15 is 4.39 Å². The van der Waals surface area contributed by atoms with Gasteiger partial charge < -0.3 is 34.0 Å². The SMILES string of the molecule is C[C@@H]1CN(c2nc(-c3c(O)cccc3F)c(Cl)c3c2C(=O)N2CCN(C(=O)OC(C)(C)C)CC2CO3)C[C@H](C)O1. The van der Waals surface area contributed by atoms with Gasteiger partial charge in [0.1, 0.15) is 45.9 Å². The molecule has 2 fully saturated rings. The fourth-order valence-electron chi connectivity index (χ4n) is 5.43. The van der Waals surface area contributed by atoms with Gasteiger partial charge in [0.25, 0.3) is 5.91 Å². The Hall–Kier alpha value is -3.31. The van der Waals surface area contributed by atoms with E-state index < -0.39 is 23.6 Å². The normalized spacial score (nSPS) is 23.2. The number of amides is 2. The molecule has 10 nitrogen and oxygen atoms in total. The number of aromatic nitrogens is 1. The lowest BCUT2D eigenvalue weighted by molar-refractivity contribution is -0.00557. The van der Waals surface area contributed by atoms with Crippen LogP contribution in [0.3, 0.4) is 0 Å². The van der Waals surface area contributed by atoms with Gasteiger partial charge in [0.05, 0.1) is 23.8 Å². The Kier molecular flexibility index (Phi) is 7.47. The highest BCUT2D eigenvalue weighted by molar-refractivity contribution is 6.35. The predicted octanol–water partition coefficient (Wildman–Crippen LogP) is 4.31. The number of anilines is 1. The number of morpholine rings is 1. The summed E-state index contributed by atoms with van der Waals surface area (Å²) < 4.78 is 32.7. The highest BCUT2D eigenvalue weighted by atomic mass is 35.5. The number of rotatable bonds is 2. The van der Waals surface area contributed by atoms with Crippen LogP contribution < -0.4 is 9.64 Å². The summed E-state index contributed by atoms with van der Waals surface area (Å²) in [6, 6.07) is 3.46. The molecule has 40 heavy (non-hydrogen) atoms. The number of piperazine rings is 1. The molecule has 1 unspecified atom stereocenters. The molecule has 4 heterocycles. The van der Waals surface area contributed by atoms with Crippen LogP contribution in [0.1, 0.15) is 45.0 Å². The Morgan fingerprint density at radius 2 is 1.85 bits per heavy atom. The molecule has 0 aliphatic carbocycles. The van der Waals surface area contributed by atoms with E-state index in [1.807, 2.05) is 18.7 Å². The van der Waals surface area contributed by atoms with Crippen LogP contribution in [0.5, 0.6) is 11.5 Å². The molecule has 12 heteroatoms. The number of halogens is 2. The maximum absolute atomic E-state index is 15.0. The van der Waals surface area contributed by atoms with Crippen molar-refractivity contribution in [1.82, 2.24) is 14.8 Å². The van der Waals surface area contributed by atoms with E-state index in [-0.39, 0.29) is 83.5 Å². The monoisotopic (exact) mass is 576 g/mol. The number of hydrogen-bond donors (Lipinski definition) is 1. The standard InChI is InChI=1S/C28H34ClFN4O6/c1-15-11-33(12-16(2)39-15)25-21-24(22(29)23(31-25)20-18(30)7-6-8-19(20)35)38-14-17-13-32(9-10-34(17)26(21)36)27(37)40-28(3,4)5/h6-8,15-17,35H,9-14H2,1-5H3/t15-,16+,17?. The third-order valence-electron chi connectivity index (χ3n) is 7.05. The van der Waals surface area contributed by atoms with E-state index in [4.69, 9.17) is 30.8 Å². The molecule has 5 rings (SSSR count). The van der Waals surface area contributed by atoms with Gasteiger partial charge in [0.2, 0.25) is 0 Å². The van der Waals surface area contributed by atoms with Crippen molar-refractivity contribution in [3.05, 3.63) is 34.6 Å². The van der Waals surface area contributed by atoms with Crippen molar-refractivity contribution in [1.29, 1.82) is 0 Å². The Morgan fingerprint density at radius 3 is 2.50 bits per heavy atom. The summed E-state index contributed by atoms with van der Waals surface area (Å²) in [6.45, 7) is 10.9. The number of hydrogen-bond acceptors (Lipinski definition) is 8. The summed E-state index contributed by atoms with van der Waals surface area (Å²) in [5, 5.41) is 10.5. The van der Waals surface area contributed by atoms with Crippen molar-refractivity contribution in [3.8, 4) is 22.8 Å². The molecule has 0 radical (unpaired) electrons. The Labute approximate surface area is 237 Å². The maximum Gasteiger partial charge on any atom is 0.410 e. The fraction of sp³-hybridized carbons (Fsp3) is 0.536. The molecule has 216 valence electrons. The first-order chi connectivity index (χ1) is 18.8. The van der Waals surface area contributed by atoms with Gasteiger partial charge in [-0.05, 0) is 46.8 Å². The molecule has 3 aliphatic heterocycles. The largest absolute Gasteiger partial charge is 0.507 e. The molecular formula is C28H34ClFN4O6. The zero-order valence-corrected chi connectivity index (χ0v) is 24.0. The predicted molar refractivity (Wildman–Crippen MR) is 147 cm³/mol. The first-order valence-electron chi connectivity index (χ1n) is 13.4. The second-order valence-electron chi connectivity index (χ2n) is 11.5. The van der Waals surface area contributed by atoms with Crippen LogP contribution in [-0.2, 0) is 9.47 Å². The van der Waals surface area contributed by atoms with Crippen LogP contribution in [0.15, 0.2) is 18.2 Å². The second-order valence-corrected chi connectivity index (χ2v) is 11.9. The van der Waals surface area contributed by atoms with Gasteiger partial charge in [-0.2, -0.15) is 0 Å². The quantitative estimate of drug-likeness (QED) is 0.564. The minimum absolute atomic E-state index is 0.0270. The number of phenolic OH excluding ortho intramolecular Hbond substituents is 1. The number of pyridine rings is 1. The number of nitrogens with zero attached hydrogens (tertiary/aromatic N) is 4. The van der Waals surface area contributed by atoms with E-state index in [9.17, 15) is 14.7 Å². The highest BCUT2D eigenvalue weighted by Gasteiger charge is 2.42. The van der Waals surface area contributed by atoms with Crippen LogP contribution in [0.25, 0.3) is 11.3 Å². The average Bonchev–Trinajstić information content (AvgIpc) is 3.00. The molecule has 1 aromatic heterocycles. The Balaban J connectivity index is 1.59. The third-order valence-corrected chi connectivity index (χ3v) is 7.40. The van der Waals surface area contributed by atoms with Gasteiger partial charge in [-0.1, -0.05) is 17.7 Å². The topological polar surface area (TPSA) is 105 Å². The van der Waals surface area contributed by atoms with Gasteiger partial charge in [0, 0.05) is 32.7 Å². The van der Waals surface area contributed by atoms with E-state index in [0.29, 0.717) is 13.1 Å². The first-order valence-corrected chi connectivity index (χ1v) is 13.7. The molecule has 0 bridgehead atoms. The molecule has 2 amide bonds. The molecule has 3 aliphatic rings. The van der Waals surface area contributed by atoms with Gasteiger partial charge in [-0.15, -0.1) is 0 Å². The van der Waals surface area contributed by atoms with E-state index in [1.54, 1.807) is 30.6 Å². The summed E-state index contributed by atoms with van der Waals surface area (Å²) in [4.78, 5) is 36.8. The van der Waals surface area contributed by atoms with Gasteiger partial charge in [-0.25, -0.2) is 14.2 Å². The number of aromatic hydroxyl groups is 1. The summed E-state index contributed by atoms with van der Waals surface area (Å²) in [5.74, 6) is -1.05. The molecule has 2 aromatic rings. The molecule has 2 saturated heterocycles.